The van der Waals surface area contributed by atoms with Gasteiger partial charge in [-0.2, -0.15) is 0 Å². The molecular weight excluding hydrogens is 243 g/mol. The fraction of sp³-hybridized carbons (Fsp3) is 0.857. The summed E-state index contributed by atoms with van der Waals surface area (Å²) in [7, 11) is 0. The standard InChI is InChI=1S/C7H13IO2/c1-2-7(9)10-6-4-3-5-8/h2-6H2,1H3. The van der Waals surface area contributed by atoms with E-state index >= 15 is 0 Å². The minimum atomic E-state index is -0.0894. The SMILES string of the molecule is CCC(=O)OCCCCI. The number of unbranched alkanes of at least 4 members (excludes halogenated alkanes) is 1. The first-order chi connectivity index (χ1) is 4.81. The van der Waals surface area contributed by atoms with Crippen LogP contribution in [0.4, 0.5) is 0 Å². The summed E-state index contributed by atoms with van der Waals surface area (Å²) in [5, 5.41) is 0. The van der Waals surface area contributed by atoms with Crippen molar-refractivity contribution in [1.29, 1.82) is 0 Å². The number of hydrogen-bond acceptors (Lipinski definition) is 2. The third-order valence-corrected chi connectivity index (χ3v) is 1.84. The maximum atomic E-state index is 10.6. The molecule has 0 aromatic carbocycles. The summed E-state index contributed by atoms with van der Waals surface area (Å²) in [5.74, 6) is -0.0894. The van der Waals surface area contributed by atoms with Crippen LogP contribution in [0.2, 0.25) is 0 Å². The lowest BCUT2D eigenvalue weighted by Gasteiger charge is -2.00. The first-order valence-corrected chi connectivity index (χ1v) is 5.05. The lowest BCUT2D eigenvalue weighted by molar-refractivity contribution is -0.143. The Kier molecular flexibility index (Phi) is 7.45. The predicted octanol–water partition coefficient (Wildman–Crippen LogP) is 2.15. The molecule has 0 aromatic heterocycles. The molecule has 3 heteroatoms. The number of alkyl halides is 1. The van der Waals surface area contributed by atoms with E-state index in [2.05, 4.69) is 22.6 Å². The minimum Gasteiger partial charge on any atom is -0.466 e. The van der Waals surface area contributed by atoms with E-state index in [4.69, 9.17) is 4.74 Å². The second-order valence-electron chi connectivity index (χ2n) is 1.97. The summed E-state index contributed by atoms with van der Waals surface area (Å²) in [6.07, 6.45) is 2.62. The van der Waals surface area contributed by atoms with Gasteiger partial charge >= 0.3 is 5.97 Å². The zero-order valence-corrected chi connectivity index (χ0v) is 8.39. The van der Waals surface area contributed by atoms with Crippen molar-refractivity contribution in [1.82, 2.24) is 0 Å². The Morgan fingerprint density at radius 1 is 1.50 bits per heavy atom. The van der Waals surface area contributed by atoms with Crippen molar-refractivity contribution < 1.29 is 9.53 Å². The van der Waals surface area contributed by atoms with Crippen LogP contribution in [-0.4, -0.2) is 17.0 Å². The average Bonchev–Trinajstić information content (AvgIpc) is 1.98. The van der Waals surface area contributed by atoms with Crippen LogP contribution >= 0.6 is 22.6 Å². The van der Waals surface area contributed by atoms with E-state index < -0.39 is 0 Å². The molecule has 0 aliphatic rings. The van der Waals surface area contributed by atoms with Crippen molar-refractivity contribution in [3.8, 4) is 0 Å². The Morgan fingerprint density at radius 2 is 2.20 bits per heavy atom. The van der Waals surface area contributed by atoms with Gasteiger partial charge in [-0.25, -0.2) is 0 Å². The number of rotatable bonds is 5. The molecule has 0 radical (unpaired) electrons. The van der Waals surface area contributed by atoms with Crippen LogP contribution in [0, 0.1) is 0 Å². The normalized spacial score (nSPS) is 9.40. The molecule has 0 N–H and O–H groups in total. The summed E-state index contributed by atoms with van der Waals surface area (Å²) < 4.78 is 5.99. The van der Waals surface area contributed by atoms with E-state index in [-0.39, 0.29) is 5.97 Å². The second kappa shape index (κ2) is 7.31. The summed E-state index contributed by atoms with van der Waals surface area (Å²) in [6, 6.07) is 0. The molecule has 0 amide bonds. The zero-order chi connectivity index (χ0) is 7.82. The van der Waals surface area contributed by atoms with Gasteiger partial charge in [0.2, 0.25) is 0 Å². The van der Waals surface area contributed by atoms with Crippen molar-refractivity contribution in [3.63, 3.8) is 0 Å². The number of halogens is 1. The molecule has 0 heterocycles. The smallest absolute Gasteiger partial charge is 0.305 e. The highest BCUT2D eigenvalue weighted by Gasteiger charge is 1.95. The molecule has 0 aliphatic carbocycles. The highest BCUT2D eigenvalue weighted by Crippen LogP contribution is 1.95. The molecule has 0 rings (SSSR count). The third kappa shape index (κ3) is 6.32. The maximum absolute atomic E-state index is 10.6. The van der Waals surface area contributed by atoms with Crippen molar-refractivity contribution in [3.05, 3.63) is 0 Å². The number of carbonyl (C=O) groups is 1. The molecule has 0 fully saturated rings. The van der Waals surface area contributed by atoms with Crippen LogP contribution in [0.15, 0.2) is 0 Å². The number of ether oxygens (including phenoxy) is 1. The van der Waals surface area contributed by atoms with Gasteiger partial charge in [0.25, 0.3) is 0 Å². The van der Waals surface area contributed by atoms with Gasteiger partial charge in [0.15, 0.2) is 0 Å². The van der Waals surface area contributed by atoms with Gasteiger partial charge in [-0.3, -0.25) is 4.79 Å². The molecule has 10 heavy (non-hydrogen) atoms. The number of esters is 1. The lowest BCUT2D eigenvalue weighted by Crippen LogP contribution is -2.03. The molecular formula is C7H13IO2. The molecule has 0 unspecified atom stereocenters. The molecule has 0 aliphatic heterocycles. The van der Waals surface area contributed by atoms with Crippen LogP contribution in [0.25, 0.3) is 0 Å². The van der Waals surface area contributed by atoms with Gasteiger partial charge in [-0.1, -0.05) is 29.5 Å². The Bertz CT molecular complexity index is 93.6. The van der Waals surface area contributed by atoms with Crippen LogP contribution in [0.1, 0.15) is 26.2 Å². The average molecular weight is 256 g/mol. The molecule has 0 aromatic rings. The van der Waals surface area contributed by atoms with Crippen LogP contribution < -0.4 is 0 Å². The Balaban J connectivity index is 2.96. The van der Waals surface area contributed by atoms with Gasteiger partial charge in [0.05, 0.1) is 6.61 Å². The molecule has 60 valence electrons. The van der Waals surface area contributed by atoms with Gasteiger partial charge in [0, 0.05) is 6.42 Å². The van der Waals surface area contributed by atoms with Crippen molar-refractivity contribution >= 4 is 28.6 Å². The summed E-state index contributed by atoms with van der Waals surface area (Å²) in [6.45, 7) is 2.40. The van der Waals surface area contributed by atoms with Crippen molar-refractivity contribution in [2.45, 2.75) is 26.2 Å². The van der Waals surface area contributed by atoms with Crippen molar-refractivity contribution in [2.75, 3.05) is 11.0 Å². The molecule has 0 saturated carbocycles. The van der Waals surface area contributed by atoms with Crippen LogP contribution in [0.3, 0.4) is 0 Å². The molecule has 0 bridgehead atoms. The Hall–Kier alpha value is 0.200. The van der Waals surface area contributed by atoms with Gasteiger partial charge in [0.1, 0.15) is 0 Å². The molecule has 0 atom stereocenters. The summed E-state index contributed by atoms with van der Waals surface area (Å²) in [5.41, 5.74) is 0. The van der Waals surface area contributed by atoms with Gasteiger partial charge in [-0.15, -0.1) is 0 Å². The largest absolute Gasteiger partial charge is 0.466 e. The summed E-state index contributed by atoms with van der Waals surface area (Å²) in [4.78, 5) is 10.6. The first kappa shape index (κ1) is 10.2. The van der Waals surface area contributed by atoms with E-state index in [1.807, 2.05) is 0 Å². The maximum Gasteiger partial charge on any atom is 0.305 e. The molecule has 0 saturated heterocycles. The third-order valence-electron chi connectivity index (χ3n) is 1.08. The van der Waals surface area contributed by atoms with Crippen LogP contribution in [0.5, 0.6) is 0 Å². The van der Waals surface area contributed by atoms with Gasteiger partial charge < -0.3 is 4.74 Å². The quantitative estimate of drug-likeness (QED) is 0.326. The Morgan fingerprint density at radius 3 is 2.70 bits per heavy atom. The van der Waals surface area contributed by atoms with E-state index in [0.717, 1.165) is 17.3 Å². The monoisotopic (exact) mass is 256 g/mol. The summed E-state index contributed by atoms with van der Waals surface area (Å²) >= 11 is 2.31. The fourth-order valence-electron chi connectivity index (χ4n) is 0.485. The van der Waals surface area contributed by atoms with E-state index in [0.29, 0.717) is 13.0 Å². The number of hydrogen-bond donors (Lipinski definition) is 0. The van der Waals surface area contributed by atoms with Crippen molar-refractivity contribution in [2.24, 2.45) is 0 Å². The van der Waals surface area contributed by atoms with Gasteiger partial charge in [-0.05, 0) is 17.3 Å². The predicted molar refractivity (Wildman–Crippen MR) is 49.4 cm³/mol. The highest BCUT2D eigenvalue weighted by molar-refractivity contribution is 14.1. The van der Waals surface area contributed by atoms with E-state index in [1.165, 1.54) is 0 Å². The van der Waals surface area contributed by atoms with Crippen LogP contribution in [-0.2, 0) is 9.53 Å². The second-order valence-corrected chi connectivity index (χ2v) is 3.05. The molecule has 2 nitrogen and oxygen atoms in total. The van der Waals surface area contributed by atoms with E-state index in [1.54, 1.807) is 6.92 Å². The Labute approximate surface area is 75.5 Å². The topological polar surface area (TPSA) is 26.3 Å². The zero-order valence-electron chi connectivity index (χ0n) is 6.23. The van der Waals surface area contributed by atoms with E-state index in [9.17, 15) is 4.79 Å². The minimum absolute atomic E-state index is 0.0894. The molecule has 0 spiro atoms. The first-order valence-electron chi connectivity index (χ1n) is 3.52. The highest BCUT2D eigenvalue weighted by atomic mass is 127. The lowest BCUT2D eigenvalue weighted by atomic mass is 10.4. The fourth-order valence-corrected chi connectivity index (χ4v) is 1.02. The number of carbonyl (C=O) groups excluding carboxylic acids is 1.